The summed E-state index contributed by atoms with van der Waals surface area (Å²) in [6, 6.07) is 7.78. The summed E-state index contributed by atoms with van der Waals surface area (Å²) in [5, 5.41) is 11.6. The molecular weight excluding hydrogens is 296 g/mol. The number of carbonyl (C=O) groups is 3. The van der Waals surface area contributed by atoms with Crippen LogP contribution >= 0.6 is 0 Å². The highest BCUT2D eigenvalue weighted by molar-refractivity contribution is 5.89. The SMILES string of the molecule is O=C(NCc1ccc(CN2CCCC2=O)cc1)[C@H]1C[C@H]1C(=O)O. The summed E-state index contributed by atoms with van der Waals surface area (Å²) < 4.78 is 0. The number of likely N-dealkylation sites (tertiary alicyclic amines) is 1. The van der Waals surface area contributed by atoms with Crippen molar-refractivity contribution in [3.8, 4) is 0 Å². The molecule has 1 saturated carbocycles. The molecule has 2 aliphatic rings. The number of hydrogen-bond acceptors (Lipinski definition) is 3. The number of amides is 2. The molecule has 23 heavy (non-hydrogen) atoms. The Labute approximate surface area is 134 Å². The molecule has 0 aromatic heterocycles. The van der Waals surface area contributed by atoms with Gasteiger partial charge in [-0.05, 0) is 24.0 Å². The molecule has 0 bridgehead atoms. The van der Waals surface area contributed by atoms with E-state index in [0.29, 0.717) is 25.9 Å². The molecule has 0 spiro atoms. The fourth-order valence-corrected chi connectivity index (χ4v) is 2.93. The van der Waals surface area contributed by atoms with E-state index in [1.807, 2.05) is 29.2 Å². The number of hydrogen-bond donors (Lipinski definition) is 2. The van der Waals surface area contributed by atoms with Crippen molar-refractivity contribution >= 4 is 17.8 Å². The van der Waals surface area contributed by atoms with Gasteiger partial charge in [0.2, 0.25) is 11.8 Å². The van der Waals surface area contributed by atoms with Crippen LogP contribution in [0.15, 0.2) is 24.3 Å². The zero-order valence-corrected chi connectivity index (χ0v) is 12.8. The number of nitrogens with one attached hydrogen (secondary N) is 1. The Bertz CT molecular complexity index is 626. The second-order valence-electron chi connectivity index (χ2n) is 6.24. The summed E-state index contributed by atoms with van der Waals surface area (Å²) in [4.78, 5) is 36.0. The van der Waals surface area contributed by atoms with Gasteiger partial charge in [-0.1, -0.05) is 24.3 Å². The normalized spacial score (nSPS) is 23.0. The van der Waals surface area contributed by atoms with Crippen LogP contribution < -0.4 is 5.32 Å². The Balaban J connectivity index is 1.47. The van der Waals surface area contributed by atoms with Crippen LogP contribution in [0.25, 0.3) is 0 Å². The molecule has 1 aliphatic carbocycles. The molecule has 1 aromatic carbocycles. The molecule has 1 aliphatic heterocycles. The van der Waals surface area contributed by atoms with Crippen molar-refractivity contribution in [3.05, 3.63) is 35.4 Å². The molecule has 3 rings (SSSR count). The van der Waals surface area contributed by atoms with Crippen LogP contribution in [0.3, 0.4) is 0 Å². The third kappa shape index (κ3) is 3.70. The number of nitrogens with zero attached hydrogens (tertiary/aromatic N) is 1. The zero-order chi connectivity index (χ0) is 16.4. The summed E-state index contributed by atoms with van der Waals surface area (Å²) in [6.07, 6.45) is 2.01. The van der Waals surface area contributed by atoms with Gasteiger partial charge in [0.1, 0.15) is 0 Å². The van der Waals surface area contributed by atoms with Gasteiger partial charge in [-0.15, -0.1) is 0 Å². The minimum absolute atomic E-state index is 0.191. The molecule has 0 radical (unpaired) electrons. The molecule has 2 N–H and O–H groups in total. The number of aliphatic carboxylic acids is 1. The molecule has 6 heteroatoms. The molecule has 122 valence electrons. The molecular formula is C17H20N2O4. The van der Waals surface area contributed by atoms with E-state index < -0.39 is 11.9 Å². The van der Waals surface area contributed by atoms with E-state index in [2.05, 4.69) is 5.32 Å². The van der Waals surface area contributed by atoms with Crippen molar-refractivity contribution in [2.24, 2.45) is 11.8 Å². The predicted molar refractivity (Wildman–Crippen MR) is 82.2 cm³/mol. The summed E-state index contributed by atoms with van der Waals surface area (Å²) in [6.45, 7) is 1.85. The fourth-order valence-electron chi connectivity index (χ4n) is 2.93. The summed E-state index contributed by atoms with van der Waals surface area (Å²) in [7, 11) is 0. The van der Waals surface area contributed by atoms with Gasteiger partial charge in [-0.2, -0.15) is 0 Å². The van der Waals surface area contributed by atoms with Gasteiger partial charge < -0.3 is 15.3 Å². The Hall–Kier alpha value is -2.37. The second kappa shape index (κ2) is 6.40. The van der Waals surface area contributed by atoms with Crippen molar-refractivity contribution in [1.29, 1.82) is 0 Å². The molecule has 1 saturated heterocycles. The average molecular weight is 316 g/mol. The van der Waals surface area contributed by atoms with Gasteiger partial charge in [-0.25, -0.2) is 0 Å². The van der Waals surface area contributed by atoms with Crippen molar-refractivity contribution in [2.45, 2.75) is 32.4 Å². The van der Waals surface area contributed by atoms with Crippen LogP contribution in [0.5, 0.6) is 0 Å². The van der Waals surface area contributed by atoms with Gasteiger partial charge in [0.15, 0.2) is 0 Å². The highest BCUT2D eigenvalue weighted by Gasteiger charge is 2.48. The number of carboxylic acid groups (broad SMARTS) is 1. The maximum atomic E-state index is 11.8. The lowest BCUT2D eigenvalue weighted by molar-refractivity contribution is -0.140. The van der Waals surface area contributed by atoms with E-state index in [-0.39, 0.29) is 17.7 Å². The van der Waals surface area contributed by atoms with Gasteiger partial charge in [-0.3, -0.25) is 14.4 Å². The Morgan fingerprint density at radius 3 is 2.43 bits per heavy atom. The van der Waals surface area contributed by atoms with E-state index in [1.54, 1.807) is 0 Å². The number of benzene rings is 1. The third-order valence-corrected chi connectivity index (χ3v) is 4.48. The number of carboxylic acids is 1. The highest BCUT2D eigenvalue weighted by Crippen LogP contribution is 2.38. The lowest BCUT2D eigenvalue weighted by Crippen LogP contribution is -2.26. The summed E-state index contributed by atoms with van der Waals surface area (Å²) in [5.74, 6) is -1.78. The first kappa shape index (κ1) is 15.5. The van der Waals surface area contributed by atoms with Crippen LogP contribution in [0.1, 0.15) is 30.4 Å². The minimum atomic E-state index is -0.897. The molecule has 1 heterocycles. The van der Waals surface area contributed by atoms with Gasteiger partial charge in [0.05, 0.1) is 11.8 Å². The lowest BCUT2D eigenvalue weighted by atomic mass is 10.1. The van der Waals surface area contributed by atoms with E-state index in [1.165, 1.54) is 0 Å². The first-order chi connectivity index (χ1) is 11.0. The predicted octanol–water partition coefficient (Wildman–Crippen LogP) is 1.15. The standard InChI is InChI=1S/C17H20N2O4/c20-15-2-1-7-19(15)10-12-5-3-11(4-6-12)9-18-16(21)13-8-14(13)17(22)23/h3-6,13-14H,1-2,7-10H2,(H,18,21)(H,22,23)/t13-,14+/m0/s1. The molecule has 6 nitrogen and oxygen atoms in total. The largest absolute Gasteiger partial charge is 0.481 e. The zero-order valence-electron chi connectivity index (χ0n) is 12.8. The fraction of sp³-hybridized carbons (Fsp3) is 0.471. The van der Waals surface area contributed by atoms with E-state index in [4.69, 9.17) is 5.11 Å². The summed E-state index contributed by atoms with van der Waals surface area (Å²) >= 11 is 0. The van der Waals surface area contributed by atoms with Crippen LogP contribution in [0, 0.1) is 11.8 Å². The smallest absolute Gasteiger partial charge is 0.307 e. The van der Waals surface area contributed by atoms with Gasteiger partial charge >= 0.3 is 5.97 Å². The molecule has 2 amide bonds. The Morgan fingerprint density at radius 2 is 1.87 bits per heavy atom. The molecule has 2 atom stereocenters. The average Bonchev–Trinajstić information content (AvgIpc) is 3.25. The third-order valence-electron chi connectivity index (χ3n) is 4.48. The van der Waals surface area contributed by atoms with Crippen molar-refractivity contribution in [1.82, 2.24) is 10.2 Å². The number of carbonyl (C=O) groups excluding carboxylic acids is 2. The van der Waals surface area contributed by atoms with Crippen molar-refractivity contribution in [3.63, 3.8) is 0 Å². The first-order valence-electron chi connectivity index (χ1n) is 7.90. The Kier molecular flexibility index (Phi) is 4.32. The quantitative estimate of drug-likeness (QED) is 0.824. The van der Waals surface area contributed by atoms with E-state index in [9.17, 15) is 14.4 Å². The van der Waals surface area contributed by atoms with Crippen LogP contribution in [0.4, 0.5) is 0 Å². The second-order valence-corrected chi connectivity index (χ2v) is 6.24. The van der Waals surface area contributed by atoms with Crippen molar-refractivity contribution < 1.29 is 19.5 Å². The van der Waals surface area contributed by atoms with E-state index >= 15 is 0 Å². The maximum absolute atomic E-state index is 11.8. The lowest BCUT2D eigenvalue weighted by Gasteiger charge is -2.15. The topological polar surface area (TPSA) is 86.7 Å². The van der Waals surface area contributed by atoms with E-state index in [0.717, 1.165) is 24.1 Å². The Morgan fingerprint density at radius 1 is 1.17 bits per heavy atom. The van der Waals surface area contributed by atoms with Gasteiger partial charge in [0.25, 0.3) is 0 Å². The first-order valence-corrected chi connectivity index (χ1v) is 7.90. The van der Waals surface area contributed by atoms with Crippen molar-refractivity contribution in [2.75, 3.05) is 6.54 Å². The van der Waals surface area contributed by atoms with Crippen LogP contribution in [0.2, 0.25) is 0 Å². The highest BCUT2D eigenvalue weighted by atomic mass is 16.4. The summed E-state index contributed by atoms with van der Waals surface area (Å²) in [5.41, 5.74) is 2.03. The van der Waals surface area contributed by atoms with Crippen LogP contribution in [-0.2, 0) is 27.5 Å². The number of rotatable bonds is 6. The monoisotopic (exact) mass is 316 g/mol. The minimum Gasteiger partial charge on any atom is -0.481 e. The maximum Gasteiger partial charge on any atom is 0.307 e. The van der Waals surface area contributed by atoms with Gasteiger partial charge in [0, 0.05) is 26.1 Å². The molecule has 2 fully saturated rings. The molecule has 1 aromatic rings. The molecule has 0 unspecified atom stereocenters. The van der Waals surface area contributed by atoms with Crippen LogP contribution in [-0.4, -0.2) is 34.3 Å².